The first kappa shape index (κ1) is 16.1. The van der Waals surface area contributed by atoms with Crippen LogP contribution in [0.1, 0.15) is 72.1 Å². The summed E-state index contributed by atoms with van der Waals surface area (Å²) in [5.41, 5.74) is 0.294. The van der Waals surface area contributed by atoms with Crippen molar-refractivity contribution < 1.29 is 9.53 Å². The van der Waals surface area contributed by atoms with Crippen LogP contribution in [0, 0.1) is 29.1 Å². The van der Waals surface area contributed by atoms with Gasteiger partial charge in [-0.15, -0.1) is 0 Å². The van der Waals surface area contributed by atoms with Crippen molar-refractivity contribution in [1.82, 2.24) is 0 Å². The Morgan fingerprint density at radius 2 is 1.95 bits per heavy atom. The summed E-state index contributed by atoms with van der Waals surface area (Å²) in [6.45, 7) is 10.7. The van der Waals surface area contributed by atoms with E-state index in [1.807, 2.05) is 0 Å². The van der Waals surface area contributed by atoms with Crippen molar-refractivity contribution in [2.75, 3.05) is 0 Å². The number of carbonyl (C=O) groups is 1. The second-order valence-electron chi connectivity index (χ2n) is 8.68. The van der Waals surface area contributed by atoms with E-state index in [9.17, 15) is 4.79 Å². The van der Waals surface area contributed by atoms with E-state index in [-0.39, 0.29) is 11.6 Å². The molecule has 0 amide bonds. The highest BCUT2D eigenvalue weighted by Crippen LogP contribution is 2.66. The Morgan fingerprint density at radius 1 is 1.32 bits per heavy atom. The highest BCUT2D eigenvalue weighted by atomic mass is 16.6. The minimum Gasteiger partial charge on any atom is -0.455 e. The lowest BCUT2D eigenvalue weighted by Gasteiger charge is -2.65. The molecule has 2 heteroatoms. The SMILES string of the molecule is C=CC(=O)OC1(C(C)CCCC)C2CC3CC1CC(C)(C3)C2. The van der Waals surface area contributed by atoms with Crippen LogP contribution >= 0.6 is 0 Å². The third kappa shape index (κ3) is 2.43. The quantitative estimate of drug-likeness (QED) is 0.502. The summed E-state index contributed by atoms with van der Waals surface area (Å²) in [5, 5.41) is 0. The predicted octanol–water partition coefficient (Wildman–Crippen LogP) is 5.13. The minimum atomic E-state index is -0.211. The molecule has 4 fully saturated rings. The molecule has 0 saturated heterocycles. The van der Waals surface area contributed by atoms with Gasteiger partial charge in [0.05, 0.1) is 0 Å². The molecule has 4 aliphatic rings. The summed E-state index contributed by atoms with van der Waals surface area (Å²) in [4.78, 5) is 12.1. The normalized spacial score (nSPS) is 43.9. The zero-order chi connectivity index (χ0) is 16.0. The van der Waals surface area contributed by atoms with Crippen LogP contribution in [0.15, 0.2) is 12.7 Å². The van der Waals surface area contributed by atoms with Crippen molar-refractivity contribution in [2.45, 2.75) is 77.7 Å². The Labute approximate surface area is 135 Å². The summed E-state index contributed by atoms with van der Waals surface area (Å²) in [7, 11) is 0. The number of hydrogen-bond donors (Lipinski definition) is 0. The van der Waals surface area contributed by atoms with E-state index in [1.165, 1.54) is 57.4 Å². The molecule has 0 heterocycles. The van der Waals surface area contributed by atoms with Crippen LogP contribution < -0.4 is 0 Å². The van der Waals surface area contributed by atoms with Crippen molar-refractivity contribution >= 4 is 5.97 Å². The van der Waals surface area contributed by atoms with E-state index < -0.39 is 0 Å². The number of ether oxygens (including phenoxy) is 1. The van der Waals surface area contributed by atoms with Crippen LogP contribution in [0.3, 0.4) is 0 Å². The lowest BCUT2D eigenvalue weighted by atomic mass is 9.43. The first-order chi connectivity index (χ1) is 10.4. The minimum absolute atomic E-state index is 0.207. The summed E-state index contributed by atoms with van der Waals surface area (Å²) < 4.78 is 6.21. The number of hydrogen-bond acceptors (Lipinski definition) is 2. The molecular formula is C20H32O2. The predicted molar refractivity (Wildman–Crippen MR) is 89.4 cm³/mol. The Bertz CT molecular complexity index is 437. The van der Waals surface area contributed by atoms with Crippen LogP contribution in [-0.2, 0) is 9.53 Å². The van der Waals surface area contributed by atoms with Gasteiger partial charge in [0.15, 0.2) is 0 Å². The van der Waals surface area contributed by atoms with Gasteiger partial charge in [-0.2, -0.15) is 0 Å². The van der Waals surface area contributed by atoms with Crippen LogP contribution in [-0.4, -0.2) is 11.6 Å². The van der Waals surface area contributed by atoms with Crippen molar-refractivity contribution in [3.8, 4) is 0 Å². The lowest BCUT2D eigenvalue weighted by molar-refractivity contribution is -0.238. The standard InChI is InChI=1S/C20H32O2/c1-5-7-8-14(3)20(22-18(21)6-2)16-9-15-10-17(20)13-19(4,11-15)12-16/h6,14-17H,2,5,7-13H2,1,3-4H3. The molecule has 0 N–H and O–H groups in total. The second kappa shape index (κ2) is 5.69. The summed E-state index contributed by atoms with van der Waals surface area (Å²) in [5.74, 6) is 2.27. The molecule has 0 spiro atoms. The Kier molecular flexibility index (Phi) is 4.16. The van der Waals surface area contributed by atoms with E-state index in [1.54, 1.807) is 0 Å². The highest BCUT2D eigenvalue weighted by molar-refractivity contribution is 5.81. The van der Waals surface area contributed by atoms with E-state index >= 15 is 0 Å². The van der Waals surface area contributed by atoms with Gasteiger partial charge < -0.3 is 4.74 Å². The molecule has 0 aromatic carbocycles. The average Bonchev–Trinajstić information content (AvgIpc) is 2.46. The zero-order valence-electron chi connectivity index (χ0n) is 14.6. The molecule has 0 aromatic heterocycles. The Hall–Kier alpha value is -0.790. The number of carbonyl (C=O) groups excluding carboxylic acids is 1. The first-order valence-corrected chi connectivity index (χ1v) is 9.29. The molecule has 2 nitrogen and oxygen atoms in total. The van der Waals surface area contributed by atoms with Crippen LogP contribution in [0.5, 0.6) is 0 Å². The molecule has 4 bridgehead atoms. The molecule has 0 aliphatic heterocycles. The van der Waals surface area contributed by atoms with Crippen LogP contribution in [0.4, 0.5) is 0 Å². The fourth-order valence-electron chi connectivity index (χ4n) is 6.42. The third-order valence-corrected chi connectivity index (χ3v) is 6.98. The second-order valence-corrected chi connectivity index (χ2v) is 8.68. The smallest absolute Gasteiger partial charge is 0.330 e. The molecule has 3 atom stereocenters. The summed E-state index contributed by atoms with van der Waals surface area (Å²) in [6, 6.07) is 0. The van der Waals surface area contributed by atoms with Gasteiger partial charge in [0.25, 0.3) is 0 Å². The molecular weight excluding hydrogens is 272 g/mol. The molecule has 4 rings (SSSR count). The topological polar surface area (TPSA) is 26.3 Å². The maximum atomic E-state index is 12.1. The third-order valence-electron chi connectivity index (χ3n) is 6.98. The van der Waals surface area contributed by atoms with Crippen LogP contribution in [0.25, 0.3) is 0 Å². The van der Waals surface area contributed by atoms with Crippen molar-refractivity contribution in [3.05, 3.63) is 12.7 Å². The maximum Gasteiger partial charge on any atom is 0.330 e. The van der Waals surface area contributed by atoms with Crippen molar-refractivity contribution in [2.24, 2.45) is 29.1 Å². The molecule has 4 aliphatic carbocycles. The van der Waals surface area contributed by atoms with Crippen molar-refractivity contribution in [1.29, 1.82) is 0 Å². The molecule has 4 saturated carbocycles. The Morgan fingerprint density at radius 3 is 2.45 bits per heavy atom. The molecule has 3 unspecified atom stereocenters. The fourth-order valence-corrected chi connectivity index (χ4v) is 6.42. The molecule has 0 radical (unpaired) electrons. The molecule has 22 heavy (non-hydrogen) atoms. The number of rotatable bonds is 6. The van der Waals surface area contributed by atoms with E-state index in [0.29, 0.717) is 23.2 Å². The maximum absolute atomic E-state index is 12.1. The van der Waals surface area contributed by atoms with Gasteiger partial charge in [0.2, 0.25) is 0 Å². The summed E-state index contributed by atoms with van der Waals surface area (Å²) in [6.07, 6.45) is 11.4. The van der Waals surface area contributed by atoms with Gasteiger partial charge >= 0.3 is 5.97 Å². The van der Waals surface area contributed by atoms with Crippen LogP contribution in [0.2, 0.25) is 0 Å². The number of unbranched alkanes of at least 4 members (excludes halogenated alkanes) is 1. The lowest BCUT2D eigenvalue weighted by Crippen LogP contribution is -2.64. The highest BCUT2D eigenvalue weighted by Gasteiger charge is 2.64. The van der Waals surface area contributed by atoms with Gasteiger partial charge in [-0.3, -0.25) is 0 Å². The fraction of sp³-hybridized carbons (Fsp3) is 0.850. The number of esters is 1. The van der Waals surface area contributed by atoms with E-state index in [4.69, 9.17) is 4.74 Å². The molecule has 124 valence electrons. The van der Waals surface area contributed by atoms with Gasteiger partial charge in [-0.1, -0.05) is 40.2 Å². The van der Waals surface area contributed by atoms with Gasteiger partial charge in [0, 0.05) is 17.9 Å². The largest absolute Gasteiger partial charge is 0.455 e. The van der Waals surface area contributed by atoms with Gasteiger partial charge in [-0.05, 0) is 55.8 Å². The Balaban J connectivity index is 1.92. The van der Waals surface area contributed by atoms with Gasteiger partial charge in [-0.25, -0.2) is 4.79 Å². The average molecular weight is 304 g/mol. The molecule has 0 aromatic rings. The monoisotopic (exact) mass is 304 g/mol. The van der Waals surface area contributed by atoms with E-state index in [2.05, 4.69) is 27.4 Å². The van der Waals surface area contributed by atoms with Crippen molar-refractivity contribution in [3.63, 3.8) is 0 Å². The first-order valence-electron chi connectivity index (χ1n) is 9.29. The zero-order valence-corrected chi connectivity index (χ0v) is 14.6. The van der Waals surface area contributed by atoms with Gasteiger partial charge in [0.1, 0.15) is 5.60 Å². The van der Waals surface area contributed by atoms with E-state index in [0.717, 1.165) is 5.92 Å². The summed E-state index contributed by atoms with van der Waals surface area (Å²) >= 11 is 0.